The standard InChI is InChI=1S/C27H26N2O8S/c1-6-37-26(33)24-14(2)28-27(38-24)29-21(15-10-11-18(35-4)19(13-15)36-5)20(23(31)25(29)32)22(30)16-8-7-9-17(12-16)34-3/h7-13,21,30H,6H2,1-5H3/b22-20+. The first-order chi connectivity index (χ1) is 18.2. The van der Waals surface area contributed by atoms with Gasteiger partial charge in [0, 0.05) is 5.56 Å². The molecule has 1 aromatic heterocycles. The van der Waals surface area contributed by atoms with Crippen LogP contribution in [-0.4, -0.2) is 55.7 Å². The number of amides is 1. The number of rotatable bonds is 8. The molecule has 1 fully saturated rings. The number of aliphatic hydroxyl groups is 1. The summed E-state index contributed by atoms with van der Waals surface area (Å²) >= 11 is 0.929. The normalized spacial score (nSPS) is 16.4. The second kappa shape index (κ2) is 10.9. The molecular weight excluding hydrogens is 512 g/mol. The van der Waals surface area contributed by atoms with Gasteiger partial charge in [-0.3, -0.25) is 14.5 Å². The van der Waals surface area contributed by atoms with E-state index < -0.39 is 23.7 Å². The summed E-state index contributed by atoms with van der Waals surface area (Å²) in [6.45, 7) is 3.47. The lowest BCUT2D eigenvalue weighted by Gasteiger charge is -2.23. The van der Waals surface area contributed by atoms with Gasteiger partial charge in [0.2, 0.25) is 0 Å². The third kappa shape index (κ3) is 4.68. The number of Topliss-reactive ketones (excluding diaryl/α,β-unsaturated/α-hetero) is 1. The van der Waals surface area contributed by atoms with Gasteiger partial charge in [0.1, 0.15) is 16.4 Å². The first-order valence-electron chi connectivity index (χ1n) is 11.6. The Kier molecular flexibility index (Phi) is 7.67. The van der Waals surface area contributed by atoms with Crippen LogP contribution in [-0.2, 0) is 14.3 Å². The van der Waals surface area contributed by atoms with Crippen LogP contribution in [0.3, 0.4) is 0 Å². The number of carbonyl (C=O) groups excluding carboxylic acids is 3. The van der Waals surface area contributed by atoms with Gasteiger partial charge in [0.25, 0.3) is 5.78 Å². The van der Waals surface area contributed by atoms with Crippen molar-refractivity contribution in [3.05, 3.63) is 69.7 Å². The number of aliphatic hydroxyl groups excluding tert-OH is 1. The number of aryl methyl sites for hydroxylation is 1. The van der Waals surface area contributed by atoms with Crippen molar-refractivity contribution in [2.24, 2.45) is 0 Å². The van der Waals surface area contributed by atoms with Gasteiger partial charge in [-0.1, -0.05) is 29.5 Å². The smallest absolute Gasteiger partial charge is 0.350 e. The molecule has 0 radical (unpaired) electrons. The largest absolute Gasteiger partial charge is 0.507 e. The highest BCUT2D eigenvalue weighted by molar-refractivity contribution is 7.17. The summed E-state index contributed by atoms with van der Waals surface area (Å²) in [4.78, 5) is 45.1. The van der Waals surface area contributed by atoms with Gasteiger partial charge in [-0.25, -0.2) is 9.78 Å². The number of esters is 1. The van der Waals surface area contributed by atoms with Crippen molar-refractivity contribution in [2.75, 3.05) is 32.8 Å². The van der Waals surface area contributed by atoms with Gasteiger partial charge in [-0.15, -0.1) is 0 Å². The van der Waals surface area contributed by atoms with Crippen molar-refractivity contribution < 1.29 is 38.4 Å². The number of ketones is 1. The molecule has 1 amide bonds. The molecule has 10 nitrogen and oxygen atoms in total. The van der Waals surface area contributed by atoms with Crippen molar-refractivity contribution in [3.63, 3.8) is 0 Å². The number of carbonyl (C=O) groups is 3. The third-order valence-electron chi connectivity index (χ3n) is 5.96. The number of ether oxygens (including phenoxy) is 4. The fraction of sp³-hybridized carbons (Fsp3) is 0.259. The van der Waals surface area contributed by atoms with Crippen LogP contribution >= 0.6 is 11.3 Å². The van der Waals surface area contributed by atoms with Crippen molar-refractivity contribution in [3.8, 4) is 17.2 Å². The molecule has 2 heterocycles. The van der Waals surface area contributed by atoms with E-state index in [1.54, 1.807) is 56.3 Å². The van der Waals surface area contributed by atoms with Crippen LogP contribution in [0, 0.1) is 6.92 Å². The van der Waals surface area contributed by atoms with Crippen molar-refractivity contribution in [2.45, 2.75) is 19.9 Å². The molecule has 2 aromatic carbocycles. The molecule has 0 saturated carbocycles. The van der Waals surface area contributed by atoms with Gasteiger partial charge in [0.15, 0.2) is 16.6 Å². The van der Waals surface area contributed by atoms with E-state index >= 15 is 0 Å². The van der Waals surface area contributed by atoms with E-state index in [1.165, 1.54) is 26.2 Å². The number of thiazole rings is 1. The van der Waals surface area contributed by atoms with Gasteiger partial charge in [-0.05, 0) is 43.7 Å². The van der Waals surface area contributed by atoms with E-state index in [-0.39, 0.29) is 33.5 Å². The summed E-state index contributed by atoms with van der Waals surface area (Å²) in [5.74, 6) is -1.52. The van der Waals surface area contributed by atoms with Crippen LogP contribution in [0.4, 0.5) is 5.13 Å². The first-order valence-corrected chi connectivity index (χ1v) is 12.4. The summed E-state index contributed by atoms with van der Waals surface area (Å²) in [6, 6.07) is 10.3. The molecule has 11 heteroatoms. The maximum absolute atomic E-state index is 13.5. The quantitative estimate of drug-likeness (QED) is 0.194. The van der Waals surface area contributed by atoms with Crippen LogP contribution in [0.25, 0.3) is 5.76 Å². The Morgan fingerprint density at radius 2 is 1.79 bits per heavy atom. The molecule has 3 aromatic rings. The summed E-state index contributed by atoms with van der Waals surface area (Å²) < 4.78 is 21.1. The topological polar surface area (TPSA) is 124 Å². The zero-order valence-electron chi connectivity index (χ0n) is 21.4. The van der Waals surface area contributed by atoms with Crippen molar-refractivity contribution >= 4 is 39.9 Å². The minimum absolute atomic E-state index is 0.108. The summed E-state index contributed by atoms with van der Waals surface area (Å²) in [5.41, 5.74) is 0.942. The molecule has 1 saturated heterocycles. The van der Waals surface area contributed by atoms with Gasteiger partial charge in [0.05, 0.1) is 45.2 Å². The second-order valence-corrected chi connectivity index (χ2v) is 9.12. The molecule has 1 unspecified atom stereocenters. The molecular formula is C27H26N2O8S. The minimum Gasteiger partial charge on any atom is -0.507 e. The van der Waals surface area contributed by atoms with Crippen LogP contribution in [0.2, 0.25) is 0 Å². The zero-order valence-corrected chi connectivity index (χ0v) is 22.3. The highest BCUT2D eigenvalue weighted by Crippen LogP contribution is 2.45. The fourth-order valence-electron chi connectivity index (χ4n) is 4.17. The Labute approximate surface area is 223 Å². The fourth-order valence-corrected chi connectivity index (χ4v) is 5.15. The van der Waals surface area contributed by atoms with Gasteiger partial charge < -0.3 is 24.1 Å². The summed E-state index contributed by atoms with van der Waals surface area (Å²) in [5, 5.41) is 11.5. The Bertz CT molecular complexity index is 1440. The molecule has 4 rings (SSSR count). The highest BCUT2D eigenvalue weighted by Gasteiger charge is 2.48. The minimum atomic E-state index is -1.08. The predicted octanol–water partition coefficient (Wildman–Crippen LogP) is 4.28. The van der Waals surface area contributed by atoms with E-state index in [0.29, 0.717) is 28.5 Å². The molecule has 0 spiro atoms. The molecule has 0 aliphatic carbocycles. The van der Waals surface area contributed by atoms with Crippen LogP contribution < -0.4 is 19.1 Å². The molecule has 198 valence electrons. The number of nitrogens with zero attached hydrogens (tertiary/aromatic N) is 2. The molecule has 38 heavy (non-hydrogen) atoms. The van der Waals surface area contributed by atoms with E-state index in [2.05, 4.69) is 4.98 Å². The molecule has 1 atom stereocenters. The Hall–Kier alpha value is -4.38. The van der Waals surface area contributed by atoms with Crippen LogP contribution in [0.1, 0.15) is 39.5 Å². The number of hydrogen-bond acceptors (Lipinski definition) is 10. The first kappa shape index (κ1) is 26.7. The van der Waals surface area contributed by atoms with Crippen LogP contribution in [0.5, 0.6) is 17.2 Å². The lowest BCUT2D eigenvalue weighted by molar-refractivity contribution is -0.132. The molecule has 1 N–H and O–H groups in total. The number of aromatic nitrogens is 1. The highest BCUT2D eigenvalue weighted by atomic mass is 32.1. The maximum atomic E-state index is 13.5. The van der Waals surface area contributed by atoms with Crippen LogP contribution in [0.15, 0.2) is 48.0 Å². The van der Waals surface area contributed by atoms with Gasteiger partial charge >= 0.3 is 11.9 Å². The zero-order chi connectivity index (χ0) is 27.6. The SMILES string of the molecule is CCOC(=O)c1sc(N2C(=O)C(=O)/C(=C(/O)c3cccc(OC)c3)C2c2ccc(OC)c(OC)c2)nc1C. The maximum Gasteiger partial charge on any atom is 0.350 e. The Balaban J connectivity index is 1.95. The third-order valence-corrected chi connectivity index (χ3v) is 7.10. The molecule has 1 aliphatic rings. The van der Waals surface area contributed by atoms with E-state index in [9.17, 15) is 19.5 Å². The van der Waals surface area contributed by atoms with E-state index in [4.69, 9.17) is 18.9 Å². The Morgan fingerprint density at radius 3 is 2.45 bits per heavy atom. The van der Waals surface area contributed by atoms with Crippen molar-refractivity contribution in [1.82, 2.24) is 4.98 Å². The number of methoxy groups -OCH3 is 3. The predicted molar refractivity (Wildman–Crippen MR) is 140 cm³/mol. The number of anilines is 1. The summed E-state index contributed by atoms with van der Waals surface area (Å²) in [7, 11) is 4.43. The number of benzene rings is 2. The van der Waals surface area contributed by atoms with Gasteiger partial charge in [-0.2, -0.15) is 0 Å². The monoisotopic (exact) mass is 538 g/mol. The molecule has 0 bridgehead atoms. The number of hydrogen-bond donors (Lipinski definition) is 1. The summed E-state index contributed by atoms with van der Waals surface area (Å²) in [6.07, 6.45) is 0. The Morgan fingerprint density at radius 1 is 1.05 bits per heavy atom. The van der Waals surface area contributed by atoms with E-state index in [1.807, 2.05) is 0 Å². The lowest BCUT2D eigenvalue weighted by Crippen LogP contribution is -2.29. The average Bonchev–Trinajstić information content (AvgIpc) is 3.44. The average molecular weight is 539 g/mol. The van der Waals surface area contributed by atoms with E-state index in [0.717, 1.165) is 11.3 Å². The second-order valence-electron chi connectivity index (χ2n) is 8.15. The molecule has 1 aliphatic heterocycles. The van der Waals surface area contributed by atoms with Crippen molar-refractivity contribution in [1.29, 1.82) is 0 Å². The lowest BCUT2D eigenvalue weighted by atomic mass is 9.95.